The number of fused-ring (bicyclic) bond motifs is 2. The van der Waals surface area contributed by atoms with Crippen LogP contribution in [-0.2, 0) is 0 Å². The van der Waals surface area contributed by atoms with Gasteiger partial charge >= 0.3 is 4.87 Å². The molecule has 0 spiro atoms. The molecule has 0 radical (unpaired) electrons. The standard InChI is InChI=1S/C14H8N2OS2/c17-14-16(10-6-2-4-8-12(10)19-14)13-15-9-5-1-3-7-11(9)18-13/h1-8H. The third kappa shape index (κ3) is 1.63. The molecule has 2 aromatic carbocycles. The molecule has 0 bridgehead atoms. The molecular weight excluding hydrogens is 276 g/mol. The van der Waals surface area contributed by atoms with E-state index in [1.807, 2.05) is 48.5 Å². The van der Waals surface area contributed by atoms with Crippen molar-refractivity contribution >= 4 is 43.1 Å². The van der Waals surface area contributed by atoms with Crippen LogP contribution in [0.25, 0.3) is 25.6 Å². The first kappa shape index (κ1) is 10.9. The van der Waals surface area contributed by atoms with Crippen molar-refractivity contribution in [3.05, 3.63) is 58.2 Å². The summed E-state index contributed by atoms with van der Waals surface area (Å²) in [5.41, 5.74) is 1.86. The van der Waals surface area contributed by atoms with Crippen LogP contribution in [0.1, 0.15) is 0 Å². The molecular formula is C14H8N2OS2. The zero-order valence-corrected chi connectivity index (χ0v) is 11.4. The average molecular weight is 284 g/mol. The second-order valence-corrected chi connectivity index (χ2v) is 6.14. The lowest BCUT2D eigenvalue weighted by atomic mass is 10.3. The van der Waals surface area contributed by atoms with E-state index < -0.39 is 0 Å². The van der Waals surface area contributed by atoms with Crippen molar-refractivity contribution in [2.24, 2.45) is 0 Å². The summed E-state index contributed by atoms with van der Waals surface area (Å²) in [5.74, 6) is 0. The summed E-state index contributed by atoms with van der Waals surface area (Å²) in [5, 5.41) is 0.739. The van der Waals surface area contributed by atoms with E-state index in [9.17, 15) is 4.79 Å². The fourth-order valence-corrected chi connectivity index (χ4v) is 4.01. The van der Waals surface area contributed by atoms with Gasteiger partial charge in [-0.2, -0.15) is 0 Å². The SMILES string of the molecule is O=c1sc2ccccc2n1-c1nc2ccccc2s1. The topological polar surface area (TPSA) is 34.9 Å². The number of hydrogen-bond donors (Lipinski definition) is 0. The van der Waals surface area contributed by atoms with Crippen LogP contribution in [-0.4, -0.2) is 9.55 Å². The van der Waals surface area contributed by atoms with Gasteiger partial charge in [0.2, 0.25) is 0 Å². The van der Waals surface area contributed by atoms with Gasteiger partial charge in [-0.05, 0) is 24.3 Å². The third-order valence-corrected chi connectivity index (χ3v) is 4.90. The molecule has 0 amide bonds. The zero-order chi connectivity index (χ0) is 12.8. The van der Waals surface area contributed by atoms with Crippen LogP contribution in [0.15, 0.2) is 53.3 Å². The molecule has 4 rings (SSSR count). The van der Waals surface area contributed by atoms with Crippen LogP contribution < -0.4 is 4.87 Å². The molecule has 2 heterocycles. The highest BCUT2D eigenvalue weighted by Crippen LogP contribution is 2.27. The van der Waals surface area contributed by atoms with Gasteiger partial charge in [-0.1, -0.05) is 46.9 Å². The first-order valence-electron chi connectivity index (χ1n) is 5.79. The van der Waals surface area contributed by atoms with Gasteiger partial charge in [0.05, 0.1) is 20.4 Å². The Bertz CT molecular complexity index is 916. The lowest BCUT2D eigenvalue weighted by Crippen LogP contribution is -2.09. The molecule has 2 aromatic heterocycles. The van der Waals surface area contributed by atoms with Gasteiger partial charge in [-0.3, -0.25) is 4.79 Å². The monoisotopic (exact) mass is 284 g/mol. The maximum absolute atomic E-state index is 12.2. The van der Waals surface area contributed by atoms with Crippen LogP contribution in [0.5, 0.6) is 0 Å². The molecule has 0 aliphatic rings. The van der Waals surface area contributed by atoms with Crippen LogP contribution in [0.4, 0.5) is 0 Å². The molecule has 4 aromatic rings. The Balaban J connectivity index is 2.09. The normalized spacial score (nSPS) is 11.4. The van der Waals surface area contributed by atoms with E-state index in [4.69, 9.17) is 0 Å². The fourth-order valence-electron chi connectivity index (χ4n) is 2.10. The van der Waals surface area contributed by atoms with E-state index in [-0.39, 0.29) is 4.87 Å². The number of benzene rings is 2. The number of hydrogen-bond acceptors (Lipinski definition) is 4. The highest BCUT2D eigenvalue weighted by atomic mass is 32.1. The summed E-state index contributed by atoms with van der Waals surface area (Å²) in [7, 11) is 0. The Morgan fingerprint density at radius 1 is 0.895 bits per heavy atom. The molecule has 0 saturated carbocycles. The number of para-hydroxylation sites is 2. The summed E-state index contributed by atoms with van der Waals surface area (Å²) in [6, 6.07) is 15.7. The molecule has 0 aliphatic heterocycles. The maximum Gasteiger partial charge on any atom is 0.314 e. The van der Waals surface area contributed by atoms with Gasteiger partial charge in [0.25, 0.3) is 0 Å². The van der Waals surface area contributed by atoms with E-state index in [2.05, 4.69) is 4.98 Å². The Morgan fingerprint density at radius 3 is 2.47 bits per heavy atom. The Hall–Kier alpha value is -1.98. The lowest BCUT2D eigenvalue weighted by Gasteiger charge is -1.96. The van der Waals surface area contributed by atoms with Gasteiger partial charge in [0.15, 0.2) is 5.13 Å². The van der Waals surface area contributed by atoms with E-state index in [0.717, 1.165) is 25.6 Å². The Kier molecular flexibility index (Phi) is 2.30. The summed E-state index contributed by atoms with van der Waals surface area (Å²) in [6.45, 7) is 0. The first-order valence-corrected chi connectivity index (χ1v) is 7.43. The minimum atomic E-state index is 0.0141. The number of thiazole rings is 2. The van der Waals surface area contributed by atoms with Crippen molar-refractivity contribution in [3.8, 4) is 5.13 Å². The van der Waals surface area contributed by atoms with Crippen LogP contribution in [0.2, 0.25) is 0 Å². The second kappa shape index (κ2) is 4.01. The van der Waals surface area contributed by atoms with E-state index in [1.54, 1.807) is 15.9 Å². The molecule has 92 valence electrons. The van der Waals surface area contributed by atoms with Crippen molar-refractivity contribution in [2.75, 3.05) is 0 Å². The Morgan fingerprint density at radius 2 is 1.63 bits per heavy atom. The predicted molar refractivity (Wildman–Crippen MR) is 80.6 cm³/mol. The molecule has 19 heavy (non-hydrogen) atoms. The van der Waals surface area contributed by atoms with Crippen LogP contribution in [0, 0.1) is 0 Å². The van der Waals surface area contributed by atoms with E-state index >= 15 is 0 Å². The highest BCUT2D eigenvalue weighted by Gasteiger charge is 2.12. The molecule has 0 unspecified atom stereocenters. The van der Waals surface area contributed by atoms with Crippen LogP contribution >= 0.6 is 22.7 Å². The second-order valence-electron chi connectivity index (χ2n) is 4.14. The average Bonchev–Trinajstić information content (AvgIpc) is 2.97. The third-order valence-electron chi connectivity index (χ3n) is 2.96. The first-order chi connectivity index (χ1) is 9.33. The van der Waals surface area contributed by atoms with Crippen molar-refractivity contribution in [3.63, 3.8) is 0 Å². The summed E-state index contributed by atoms with van der Waals surface area (Å²) < 4.78 is 3.79. The summed E-state index contributed by atoms with van der Waals surface area (Å²) >= 11 is 2.80. The molecule has 0 saturated heterocycles. The fraction of sp³-hybridized carbons (Fsp3) is 0. The molecule has 0 atom stereocenters. The number of nitrogens with zero attached hydrogens (tertiary/aromatic N) is 2. The molecule has 0 N–H and O–H groups in total. The molecule has 3 nitrogen and oxygen atoms in total. The van der Waals surface area contributed by atoms with E-state index in [1.165, 1.54) is 11.3 Å². The largest absolute Gasteiger partial charge is 0.314 e. The summed E-state index contributed by atoms with van der Waals surface area (Å²) in [6.07, 6.45) is 0. The van der Waals surface area contributed by atoms with Crippen molar-refractivity contribution in [2.45, 2.75) is 0 Å². The number of aromatic nitrogens is 2. The van der Waals surface area contributed by atoms with Crippen molar-refractivity contribution in [1.29, 1.82) is 0 Å². The van der Waals surface area contributed by atoms with Gasteiger partial charge in [0.1, 0.15) is 0 Å². The van der Waals surface area contributed by atoms with Gasteiger partial charge < -0.3 is 0 Å². The van der Waals surface area contributed by atoms with E-state index in [0.29, 0.717) is 0 Å². The molecule has 0 fully saturated rings. The number of rotatable bonds is 1. The quantitative estimate of drug-likeness (QED) is 0.534. The minimum Gasteiger partial charge on any atom is -0.256 e. The van der Waals surface area contributed by atoms with Crippen molar-refractivity contribution in [1.82, 2.24) is 9.55 Å². The van der Waals surface area contributed by atoms with Gasteiger partial charge in [0, 0.05) is 0 Å². The highest BCUT2D eigenvalue weighted by molar-refractivity contribution is 7.21. The minimum absolute atomic E-state index is 0.0141. The van der Waals surface area contributed by atoms with Gasteiger partial charge in [-0.25, -0.2) is 9.55 Å². The predicted octanol–water partition coefficient (Wildman–Crippen LogP) is 3.66. The molecule has 5 heteroatoms. The lowest BCUT2D eigenvalue weighted by molar-refractivity contribution is 1.07. The van der Waals surface area contributed by atoms with Crippen LogP contribution in [0.3, 0.4) is 0 Å². The van der Waals surface area contributed by atoms with Gasteiger partial charge in [-0.15, -0.1) is 0 Å². The maximum atomic E-state index is 12.2. The summed E-state index contributed by atoms with van der Waals surface area (Å²) in [4.78, 5) is 16.7. The van der Waals surface area contributed by atoms with Crippen molar-refractivity contribution < 1.29 is 0 Å². The Labute approximate surface area is 116 Å². The molecule has 0 aliphatic carbocycles. The smallest absolute Gasteiger partial charge is 0.256 e. The zero-order valence-electron chi connectivity index (χ0n) is 9.74.